The molecule has 0 aliphatic heterocycles. The second-order valence-electron chi connectivity index (χ2n) is 5.99. The number of para-hydroxylation sites is 1. The average molecular weight is 351 g/mol. The van der Waals surface area contributed by atoms with Crippen LogP contribution in [0.3, 0.4) is 0 Å². The van der Waals surface area contributed by atoms with Crippen LogP contribution in [0.1, 0.15) is 12.7 Å². The first-order valence-corrected chi connectivity index (χ1v) is 8.82. The first-order valence-electron chi connectivity index (χ1n) is 7.94. The van der Waals surface area contributed by atoms with E-state index in [9.17, 15) is 5.11 Å². The molecular formula is C19H17N3O2S. The minimum absolute atomic E-state index is 0.269. The summed E-state index contributed by atoms with van der Waals surface area (Å²) in [7, 11) is 0. The maximum absolute atomic E-state index is 10.7. The summed E-state index contributed by atoms with van der Waals surface area (Å²) >= 11 is 1.60. The van der Waals surface area contributed by atoms with Crippen LogP contribution in [0.2, 0.25) is 0 Å². The van der Waals surface area contributed by atoms with Crippen molar-refractivity contribution in [3.05, 3.63) is 65.9 Å². The number of nitrogens with one attached hydrogen (secondary N) is 1. The van der Waals surface area contributed by atoms with Crippen LogP contribution < -0.4 is 5.32 Å². The molecule has 0 bridgehead atoms. The molecule has 126 valence electrons. The normalized spacial score (nSPS) is 13.7. The van der Waals surface area contributed by atoms with Gasteiger partial charge in [-0.05, 0) is 42.6 Å². The molecule has 25 heavy (non-hydrogen) atoms. The summed E-state index contributed by atoms with van der Waals surface area (Å²) in [5.74, 6) is 1.88. The third-order valence-corrected chi connectivity index (χ3v) is 4.86. The van der Waals surface area contributed by atoms with Gasteiger partial charge in [0.25, 0.3) is 0 Å². The van der Waals surface area contributed by atoms with Crippen molar-refractivity contribution in [3.8, 4) is 10.7 Å². The molecule has 0 fully saturated rings. The minimum Gasteiger partial charge on any atom is -0.466 e. The molecule has 3 heterocycles. The minimum atomic E-state index is -1.14. The van der Waals surface area contributed by atoms with Crippen LogP contribution in [-0.4, -0.2) is 21.6 Å². The van der Waals surface area contributed by atoms with E-state index in [4.69, 9.17) is 4.42 Å². The number of anilines is 1. The maximum Gasteiger partial charge on any atom is 0.172 e. The number of furan rings is 1. The van der Waals surface area contributed by atoms with E-state index >= 15 is 0 Å². The second-order valence-corrected chi connectivity index (χ2v) is 6.94. The van der Waals surface area contributed by atoms with E-state index in [-0.39, 0.29) is 6.54 Å². The van der Waals surface area contributed by atoms with Gasteiger partial charge in [0.2, 0.25) is 0 Å². The smallest absolute Gasteiger partial charge is 0.172 e. The first-order chi connectivity index (χ1) is 12.1. The van der Waals surface area contributed by atoms with Crippen LogP contribution in [0, 0.1) is 0 Å². The van der Waals surface area contributed by atoms with E-state index in [2.05, 4.69) is 15.3 Å². The number of aromatic nitrogens is 2. The molecule has 1 unspecified atom stereocenters. The van der Waals surface area contributed by atoms with Gasteiger partial charge in [0.05, 0.1) is 23.2 Å². The van der Waals surface area contributed by atoms with Gasteiger partial charge in [0, 0.05) is 5.39 Å². The van der Waals surface area contributed by atoms with Gasteiger partial charge < -0.3 is 14.8 Å². The highest BCUT2D eigenvalue weighted by atomic mass is 32.1. The monoisotopic (exact) mass is 351 g/mol. The Morgan fingerprint density at radius 3 is 2.76 bits per heavy atom. The standard InChI is InChI=1S/C19H17N3O2S/c1-19(23,16-9-4-10-24-16)12-20-17-13-6-2-3-7-14(13)21-18(22-17)15-8-5-11-25-15/h2-11,23H,12H2,1H3,(H,20,21,22). The summed E-state index contributed by atoms with van der Waals surface area (Å²) in [6.45, 7) is 1.98. The van der Waals surface area contributed by atoms with Crippen LogP contribution >= 0.6 is 11.3 Å². The van der Waals surface area contributed by atoms with E-state index in [1.54, 1.807) is 36.7 Å². The van der Waals surface area contributed by atoms with Crippen molar-refractivity contribution in [1.29, 1.82) is 0 Å². The molecule has 0 saturated carbocycles. The van der Waals surface area contributed by atoms with Gasteiger partial charge >= 0.3 is 0 Å². The van der Waals surface area contributed by atoms with E-state index in [1.165, 1.54) is 0 Å². The highest BCUT2D eigenvalue weighted by Gasteiger charge is 2.26. The van der Waals surface area contributed by atoms with Crippen molar-refractivity contribution in [2.75, 3.05) is 11.9 Å². The number of hydrogen-bond acceptors (Lipinski definition) is 6. The molecule has 5 nitrogen and oxygen atoms in total. The van der Waals surface area contributed by atoms with Crippen LogP contribution in [-0.2, 0) is 5.60 Å². The third-order valence-electron chi connectivity index (χ3n) is 4.00. The summed E-state index contributed by atoms with van der Waals surface area (Å²) in [6.07, 6.45) is 1.55. The molecule has 0 aliphatic carbocycles. The van der Waals surface area contributed by atoms with Crippen molar-refractivity contribution in [1.82, 2.24) is 9.97 Å². The summed E-state index contributed by atoms with van der Waals surface area (Å²) in [6, 6.07) is 15.3. The molecule has 6 heteroatoms. The molecule has 2 N–H and O–H groups in total. The van der Waals surface area contributed by atoms with Gasteiger partial charge in [0.1, 0.15) is 17.2 Å². The SMILES string of the molecule is CC(O)(CNc1nc(-c2cccs2)nc2ccccc12)c1ccco1. The number of nitrogens with zero attached hydrogens (tertiary/aromatic N) is 2. The highest BCUT2D eigenvalue weighted by Crippen LogP contribution is 2.28. The average Bonchev–Trinajstić information content (AvgIpc) is 3.33. The van der Waals surface area contributed by atoms with Crippen LogP contribution in [0.25, 0.3) is 21.6 Å². The third kappa shape index (κ3) is 3.14. The molecule has 0 amide bonds. The second kappa shape index (κ2) is 6.31. The summed E-state index contributed by atoms with van der Waals surface area (Å²) in [5.41, 5.74) is -0.278. The highest BCUT2D eigenvalue weighted by molar-refractivity contribution is 7.13. The van der Waals surface area contributed by atoms with Crippen molar-refractivity contribution in [2.45, 2.75) is 12.5 Å². The van der Waals surface area contributed by atoms with E-state index in [0.717, 1.165) is 15.8 Å². The molecule has 1 aromatic carbocycles. The van der Waals surface area contributed by atoms with Crippen molar-refractivity contribution < 1.29 is 9.52 Å². The molecular weight excluding hydrogens is 334 g/mol. The van der Waals surface area contributed by atoms with Crippen molar-refractivity contribution in [3.63, 3.8) is 0 Å². The van der Waals surface area contributed by atoms with Gasteiger partial charge in [0.15, 0.2) is 5.82 Å². The molecule has 0 aliphatic rings. The summed E-state index contributed by atoms with van der Waals surface area (Å²) in [4.78, 5) is 10.3. The van der Waals surface area contributed by atoms with Crippen LogP contribution in [0.4, 0.5) is 5.82 Å². The van der Waals surface area contributed by atoms with Crippen molar-refractivity contribution in [2.24, 2.45) is 0 Å². The predicted molar refractivity (Wildman–Crippen MR) is 99.6 cm³/mol. The fraction of sp³-hybridized carbons (Fsp3) is 0.158. The number of benzene rings is 1. The lowest BCUT2D eigenvalue weighted by Gasteiger charge is -2.22. The Kier molecular flexibility index (Phi) is 3.99. The maximum atomic E-state index is 10.7. The van der Waals surface area contributed by atoms with Crippen LogP contribution in [0.5, 0.6) is 0 Å². The Bertz CT molecular complexity index is 979. The van der Waals surface area contributed by atoms with Gasteiger partial charge in [-0.3, -0.25) is 0 Å². The number of aliphatic hydroxyl groups is 1. The quantitative estimate of drug-likeness (QED) is 0.562. The lowest BCUT2D eigenvalue weighted by atomic mass is 10.0. The molecule has 0 spiro atoms. The Morgan fingerprint density at radius 2 is 2.00 bits per heavy atom. The molecule has 4 aromatic rings. The molecule has 0 saturated heterocycles. The Morgan fingerprint density at radius 1 is 1.12 bits per heavy atom. The number of fused-ring (bicyclic) bond motifs is 1. The summed E-state index contributed by atoms with van der Waals surface area (Å²) in [5, 5.41) is 16.8. The van der Waals surface area contributed by atoms with E-state index in [1.807, 2.05) is 41.8 Å². The Labute approximate surface area is 149 Å². The largest absolute Gasteiger partial charge is 0.466 e. The van der Waals surface area contributed by atoms with Gasteiger partial charge in [-0.15, -0.1) is 11.3 Å². The van der Waals surface area contributed by atoms with E-state index in [0.29, 0.717) is 17.4 Å². The molecule has 4 rings (SSSR count). The molecule has 3 aromatic heterocycles. The van der Waals surface area contributed by atoms with Crippen LogP contribution in [0.15, 0.2) is 64.6 Å². The topological polar surface area (TPSA) is 71.2 Å². The van der Waals surface area contributed by atoms with Gasteiger partial charge in [-0.25, -0.2) is 9.97 Å². The lowest BCUT2D eigenvalue weighted by molar-refractivity contribution is 0.0476. The predicted octanol–water partition coefficient (Wildman–Crippen LogP) is 4.27. The number of rotatable bonds is 5. The van der Waals surface area contributed by atoms with Gasteiger partial charge in [-0.2, -0.15) is 0 Å². The first kappa shape index (κ1) is 15.8. The number of thiophene rings is 1. The molecule has 1 atom stereocenters. The lowest BCUT2D eigenvalue weighted by Crippen LogP contribution is -2.30. The summed E-state index contributed by atoms with van der Waals surface area (Å²) < 4.78 is 5.34. The Hall–Kier alpha value is -2.70. The molecule has 0 radical (unpaired) electrons. The number of hydrogen-bond donors (Lipinski definition) is 2. The Balaban J connectivity index is 1.71. The van der Waals surface area contributed by atoms with E-state index < -0.39 is 5.60 Å². The zero-order valence-electron chi connectivity index (χ0n) is 13.6. The van der Waals surface area contributed by atoms with Gasteiger partial charge in [-0.1, -0.05) is 18.2 Å². The zero-order chi connectivity index (χ0) is 17.3. The van der Waals surface area contributed by atoms with Crippen molar-refractivity contribution >= 4 is 28.1 Å². The zero-order valence-corrected chi connectivity index (χ0v) is 14.5. The fourth-order valence-corrected chi connectivity index (χ4v) is 3.31. The fourth-order valence-electron chi connectivity index (χ4n) is 2.66.